The van der Waals surface area contributed by atoms with Gasteiger partial charge in [-0.2, -0.15) is 0 Å². The van der Waals surface area contributed by atoms with Crippen LogP contribution in [0.5, 0.6) is 0 Å². The molecule has 5 heteroatoms. The van der Waals surface area contributed by atoms with Gasteiger partial charge in [-0.25, -0.2) is 0 Å². The lowest BCUT2D eigenvalue weighted by Crippen LogP contribution is -2.25. The standard InChI is InChI=1S/C12H20N2O3/c1-9(2)8-16-6-4-5-13-12(15)11-7-10(3)17-14-11/h7,9H,4-6,8H2,1-3H3,(H,13,15). The Morgan fingerprint density at radius 3 is 2.94 bits per heavy atom. The van der Waals surface area contributed by atoms with Crippen LogP contribution < -0.4 is 5.32 Å². The van der Waals surface area contributed by atoms with Crippen molar-refractivity contribution < 1.29 is 14.1 Å². The van der Waals surface area contributed by atoms with Crippen molar-refractivity contribution in [2.45, 2.75) is 27.2 Å². The molecule has 0 saturated heterocycles. The predicted octanol–water partition coefficient (Wildman–Crippen LogP) is 1.78. The Bertz CT molecular complexity index is 347. The summed E-state index contributed by atoms with van der Waals surface area (Å²) in [6, 6.07) is 1.62. The minimum Gasteiger partial charge on any atom is -0.381 e. The smallest absolute Gasteiger partial charge is 0.273 e. The van der Waals surface area contributed by atoms with Gasteiger partial charge in [0, 0.05) is 25.8 Å². The van der Waals surface area contributed by atoms with Gasteiger partial charge < -0.3 is 14.6 Å². The van der Waals surface area contributed by atoms with Gasteiger partial charge in [0.2, 0.25) is 0 Å². The minimum atomic E-state index is -0.203. The van der Waals surface area contributed by atoms with Crippen LogP contribution in [0.25, 0.3) is 0 Å². The summed E-state index contributed by atoms with van der Waals surface area (Å²) >= 11 is 0. The van der Waals surface area contributed by atoms with E-state index in [1.165, 1.54) is 0 Å². The van der Waals surface area contributed by atoms with Gasteiger partial charge in [-0.15, -0.1) is 0 Å². The molecule has 1 rings (SSSR count). The molecular formula is C12H20N2O3. The summed E-state index contributed by atoms with van der Waals surface area (Å²) in [6.45, 7) is 7.97. The Labute approximate surface area is 102 Å². The zero-order valence-corrected chi connectivity index (χ0v) is 10.7. The van der Waals surface area contributed by atoms with E-state index in [1.54, 1.807) is 13.0 Å². The van der Waals surface area contributed by atoms with Crippen LogP contribution >= 0.6 is 0 Å². The summed E-state index contributed by atoms with van der Waals surface area (Å²) in [5.41, 5.74) is 0.325. The molecule has 0 radical (unpaired) electrons. The van der Waals surface area contributed by atoms with Gasteiger partial charge in [-0.3, -0.25) is 4.79 Å². The van der Waals surface area contributed by atoms with E-state index >= 15 is 0 Å². The average Bonchev–Trinajstić information content (AvgIpc) is 2.69. The van der Waals surface area contributed by atoms with Gasteiger partial charge in [0.15, 0.2) is 5.69 Å². The maximum Gasteiger partial charge on any atom is 0.273 e. The molecule has 17 heavy (non-hydrogen) atoms. The molecular weight excluding hydrogens is 220 g/mol. The highest BCUT2D eigenvalue weighted by molar-refractivity contribution is 5.92. The van der Waals surface area contributed by atoms with Crippen LogP contribution in [0.2, 0.25) is 0 Å². The monoisotopic (exact) mass is 240 g/mol. The van der Waals surface area contributed by atoms with Gasteiger partial charge in [0.1, 0.15) is 5.76 Å². The second kappa shape index (κ2) is 7.06. The predicted molar refractivity (Wildman–Crippen MR) is 63.8 cm³/mol. The number of ether oxygens (including phenoxy) is 1. The highest BCUT2D eigenvalue weighted by Gasteiger charge is 2.09. The van der Waals surface area contributed by atoms with Gasteiger partial charge in [-0.1, -0.05) is 19.0 Å². The van der Waals surface area contributed by atoms with Gasteiger partial charge in [0.25, 0.3) is 5.91 Å². The first-order valence-corrected chi connectivity index (χ1v) is 5.89. The summed E-state index contributed by atoms with van der Waals surface area (Å²) in [4.78, 5) is 11.5. The Hall–Kier alpha value is -1.36. The Balaban J connectivity index is 2.09. The SMILES string of the molecule is Cc1cc(C(=O)NCCCOCC(C)C)no1. The van der Waals surface area contributed by atoms with Gasteiger partial charge in [-0.05, 0) is 19.3 Å². The van der Waals surface area contributed by atoms with Crippen LogP contribution in [0.1, 0.15) is 36.5 Å². The van der Waals surface area contributed by atoms with Crippen LogP contribution in [-0.4, -0.2) is 30.8 Å². The van der Waals surface area contributed by atoms with Crippen molar-refractivity contribution >= 4 is 5.91 Å². The zero-order chi connectivity index (χ0) is 12.7. The molecule has 0 fully saturated rings. The van der Waals surface area contributed by atoms with E-state index in [0.29, 0.717) is 30.5 Å². The van der Waals surface area contributed by atoms with Crippen LogP contribution in [0.3, 0.4) is 0 Å². The van der Waals surface area contributed by atoms with Crippen molar-refractivity contribution in [1.82, 2.24) is 10.5 Å². The third kappa shape index (κ3) is 5.49. The maximum absolute atomic E-state index is 11.5. The molecule has 0 saturated carbocycles. The van der Waals surface area contributed by atoms with Crippen molar-refractivity contribution in [2.24, 2.45) is 5.92 Å². The zero-order valence-electron chi connectivity index (χ0n) is 10.7. The normalized spacial score (nSPS) is 10.8. The average molecular weight is 240 g/mol. The molecule has 5 nitrogen and oxygen atoms in total. The molecule has 0 aromatic carbocycles. The molecule has 96 valence electrons. The lowest BCUT2D eigenvalue weighted by molar-refractivity contribution is 0.0917. The van der Waals surface area contributed by atoms with E-state index < -0.39 is 0 Å². The summed E-state index contributed by atoms with van der Waals surface area (Å²) < 4.78 is 10.2. The molecule has 0 aliphatic rings. The number of nitrogens with one attached hydrogen (secondary N) is 1. The fourth-order valence-corrected chi connectivity index (χ4v) is 1.26. The number of hydrogen-bond acceptors (Lipinski definition) is 4. The van der Waals surface area contributed by atoms with Crippen molar-refractivity contribution in [2.75, 3.05) is 19.8 Å². The first-order chi connectivity index (χ1) is 8.09. The van der Waals surface area contributed by atoms with E-state index in [-0.39, 0.29) is 5.91 Å². The number of aromatic nitrogens is 1. The van der Waals surface area contributed by atoms with E-state index in [9.17, 15) is 4.79 Å². The molecule has 0 atom stereocenters. The molecule has 0 spiro atoms. The van der Waals surface area contributed by atoms with Crippen molar-refractivity contribution in [3.8, 4) is 0 Å². The molecule has 1 heterocycles. The summed E-state index contributed by atoms with van der Waals surface area (Å²) in [7, 11) is 0. The number of carbonyl (C=O) groups excluding carboxylic acids is 1. The Morgan fingerprint density at radius 1 is 1.59 bits per heavy atom. The topological polar surface area (TPSA) is 64.4 Å². The fourth-order valence-electron chi connectivity index (χ4n) is 1.26. The van der Waals surface area contributed by atoms with Crippen molar-refractivity contribution in [3.63, 3.8) is 0 Å². The highest BCUT2D eigenvalue weighted by atomic mass is 16.5. The second-order valence-electron chi connectivity index (χ2n) is 4.40. The van der Waals surface area contributed by atoms with Gasteiger partial charge in [0.05, 0.1) is 0 Å². The van der Waals surface area contributed by atoms with Crippen LogP contribution in [0.15, 0.2) is 10.6 Å². The number of hydrogen-bond donors (Lipinski definition) is 1. The third-order valence-corrected chi connectivity index (χ3v) is 2.06. The largest absolute Gasteiger partial charge is 0.381 e. The van der Waals surface area contributed by atoms with Crippen LogP contribution in [0, 0.1) is 12.8 Å². The van der Waals surface area contributed by atoms with E-state index in [2.05, 4.69) is 24.3 Å². The molecule has 0 aliphatic carbocycles. The van der Waals surface area contributed by atoms with Crippen LogP contribution in [-0.2, 0) is 4.74 Å². The van der Waals surface area contributed by atoms with Crippen LogP contribution in [0.4, 0.5) is 0 Å². The lowest BCUT2D eigenvalue weighted by Gasteiger charge is -2.06. The molecule has 1 aromatic heterocycles. The van der Waals surface area contributed by atoms with Crippen molar-refractivity contribution in [1.29, 1.82) is 0 Å². The first-order valence-electron chi connectivity index (χ1n) is 5.89. The molecule has 1 aromatic rings. The van der Waals surface area contributed by atoms with Crippen molar-refractivity contribution in [3.05, 3.63) is 17.5 Å². The van der Waals surface area contributed by atoms with E-state index in [1.807, 2.05) is 0 Å². The number of carbonyl (C=O) groups is 1. The van der Waals surface area contributed by atoms with E-state index in [0.717, 1.165) is 13.0 Å². The Morgan fingerprint density at radius 2 is 2.35 bits per heavy atom. The number of rotatable bonds is 7. The lowest BCUT2D eigenvalue weighted by atomic mass is 10.2. The minimum absolute atomic E-state index is 0.203. The molecule has 0 aliphatic heterocycles. The summed E-state index contributed by atoms with van der Waals surface area (Å²) in [5, 5.41) is 6.39. The maximum atomic E-state index is 11.5. The first kappa shape index (κ1) is 13.7. The Kier molecular flexibility index (Phi) is 5.69. The third-order valence-electron chi connectivity index (χ3n) is 2.06. The number of nitrogens with zero attached hydrogens (tertiary/aromatic N) is 1. The molecule has 0 unspecified atom stereocenters. The highest BCUT2D eigenvalue weighted by Crippen LogP contribution is 2.00. The quantitative estimate of drug-likeness (QED) is 0.738. The number of amides is 1. The molecule has 0 bridgehead atoms. The fraction of sp³-hybridized carbons (Fsp3) is 0.667. The van der Waals surface area contributed by atoms with E-state index in [4.69, 9.17) is 9.26 Å². The van der Waals surface area contributed by atoms with Gasteiger partial charge >= 0.3 is 0 Å². The molecule has 1 N–H and O–H groups in total. The molecule has 1 amide bonds. The number of aryl methyl sites for hydroxylation is 1. The summed E-state index contributed by atoms with van der Waals surface area (Å²) in [6.07, 6.45) is 0.801. The second-order valence-corrected chi connectivity index (χ2v) is 4.40. The summed E-state index contributed by atoms with van der Waals surface area (Å²) in [5.74, 6) is 0.976.